The molecule has 1 amide bonds. The summed E-state index contributed by atoms with van der Waals surface area (Å²) in [7, 11) is 0. The van der Waals surface area contributed by atoms with Crippen LogP contribution in [0.4, 0.5) is 8.78 Å². The molecule has 0 aliphatic heterocycles. The lowest BCUT2D eigenvalue weighted by Gasteiger charge is -2.11. The van der Waals surface area contributed by atoms with E-state index >= 15 is 0 Å². The van der Waals surface area contributed by atoms with Crippen LogP contribution in [0, 0.1) is 11.6 Å². The van der Waals surface area contributed by atoms with Crippen molar-refractivity contribution in [3.05, 3.63) is 101 Å². The van der Waals surface area contributed by atoms with Crippen LogP contribution in [0.3, 0.4) is 0 Å². The van der Waals surface area contributed by atoms with Crippen LogP contribution in [-0.4, -0.2) is 15.9 Å². The van der Waals surface area contributed by atoms with Crippen molar-refractivity contribution in [3.8, 4) is 11.3 Å². The van der Waals surface area contributed by atoms with Gasteiger partial charge in [-0.25, -0.2) is 13.8 Å². The Morgan fingerprint density at radius 2 is 1.70 bits per heavy atom. The highest BCUT2D eigenvalue weighted by Gasteiger charge is 2.17. The number of pyridine rings is 1. The molecule has 33 heavy (non-hydrogen) atoms. The molecule has 0 aliphatic carbocycles. The summed E-state index contributed by atoms with van der Waals surface area (Å²) in [6, 6.07) is 17.9. The number of hydrogen-bond acceptors (Lipinski definition) is 3. The van der Waals surface area contributed by atoms with Gasteiger partial charge in [-0.3, -0.25) is 4.79 Å². The normalized spacial score (nSPS) is 11.2. The van der Waals surface area contributed by atoms with E-state index in [2.05, 4.69) is 15.3 Å². The average molecular weight is 442 g/mol. The second kappa shape index (κ2) is 8.44. The lowest BCUT2D eigenvalue weighted by molar-refractivity contribution is 0.0952. The zero-order valence-electron chi connectivity index (χ0n) is 17.5. The molecule has 0 saturated carbocycles. The number of H-pyrrole nitrogens is 1. The van der Waals surface area contributed by atoms with Crippen molar-refractivity contribution < 1.29 is 13.6 Å². The molecule has 5 nitrogen and oxygen atoms in total. The molecule has 5 aromatic rings. The van der Waals surface area contributed by atoms with Crippen molar-refractivity contribution >= 4 is 27.7 Å². The van der Waals surface area contributed by atoms with Crippen LogP contribution in [-0.2, 0) is 13.1 Å². The second-order valence-electron chi connectivity index (χ2n) is 7.82. The molecule has 164 valence electrons. The summed E-state index contributed by atoms with van der Waals surface area (Å²) in [4.78, 5) is 20.8. The number of amides is 1. The van der Waals surface area contributed by atoms with Gasteiger partial charge in [0.2, 0.25) is 0 Å². The minimum absolute atomic E-state index is 0.306. The van der Waals surface area contributed by atoms with Crippen LogP contribution in [0.5, 0.6) is 0 Å². The predicted molar refractivity (Wildman–Crippen MR) is 124 cm³/mol. The van der Waals surface area contributed by atoms with Gasteiger partial charge in [-0.2, -0.15) is 0 Å². The second-order valence-corrected chi connectivity index (χ2v) is 7.82. The molecule has 0 fully saturated rings. The Labute approximate surface area is 188 Å². The Hall–Kier alpha value is -4.10. The largest absolute Gasteiger partial charge is 0.360 e. The number of aromatic amines is 1. The first-order valence-corrected chi connectivity index (χ1v) is 10.5. The maximum Gasteiger partial charge on any atom is 0.252 e. The molecule has 2 heterocycles. The van der Waals surface area contributed by atoms with E-state index in [0.717, 1.165) is 16.5 Å². The lowest BCUT2D eigenvalue weighted by atomic mass is 10.0. The predicted octanol–water partition coefficient (Wildman–Crippen LogP) is 5.05. The van der Waals surface area contributed by atoms with Gasteiger partial charge in [-0.1, -0.05) is 24.3 Å². The van der Waals surface area contributed by atoms with Crippen molar-refractivity contribution in [2.24, 2.45) is 5.73 Å². The number of nitrogens with two attached hydrogens (primary N) is 1. The molecule has 0 saturated heterocycles. The summed E-state index contributed by atoms with van der Waals surface area (Å²) >= 11 is 0. The van der Waals surface area contributed by atoms with Crippen LogP contribution in [0.1, 0.15) is 21.5 Å². The first-order valence-electron chi connectivity index (χ1n) is 10.5. The Morgan fingerprint density at radius 3 is 2.52 bits per heavy atom. The number of nitrogens with one attached hydrogen (secondary N) is 2. The van der Waals surface area contributed by atoms with Crippen molar-refractivity contribution in [2.45, 2.75) is 13.1 Å². The van der Waals surface area contributed by atoms with E-state index in [1.807, 2.05) is 24.3 Å². The molecule has 0 aliphatic rings. The number of halogens is 2. The van der Waals surface area contributed by atoms with Crippen molar-refractivity contribution in [1.82, 2.24) is 15.3 Å². The quantitative estimate of drug-likeness (QED) is 0.356. The highest BCUT2D eigenvalue weighted by Crippen LogP contribution is 2.31. The first-order chi connectivity index (χ1) is 16.0. The van der Waals surface area contributed by atoms with E-state index in [-0.39, 0.29) is 11.7 Å². The summed E-state index contributed by atoms with van der Waals surface area (Å²) in [5, 5.41) is 4.23. The summed E-state index contributed by atoms with van der Waals surface area (Å²) in [6.45, 7) is 0.736. The topological polar surface area (TPSA) is 83.8 Å². The van der Waals surface area contributed by atoms with Crippen molar-refractivity contribution in [2.75, 3.05) is 0 Å². The number of rotatable bonds is 5. The third-order valence-corrected chi connectivity index (χ3v) is 5.62. The van der Waals surface area contributed by atoms with Gasteiger partial charge in [-0.15, -0.1) is 0 Å². The van der Waals surface area contributed by atoms with Gasteiger partial charge in [0.25, 0.3) is 5.91 Å². The SMILES string of the molecule is NCc1cccc(CNC(=O)c2cc(-c3c[nH]c4cc(F)ccc34)nc3cc(F)ccc23)c1. The van der Waals surface area contributed by atoms with Crippen LogP contribution in [0.2, 0.25) is 0 Å². The number of benzene rings is 3. The Balaban J connectivity index is 1.56. The third-order valence-electron chi connectivity index (χ3n) is 5.62. The number of aromatic nitrogens is 2. The lowest BCUT2D eigenvalue weighted by Crippen LogP contribution is -2.23. The number of fused-ring (bicyclic) bond motifs is 2. The Kier molecular flexibility index (Phi) is 5.32. The Morgan fingerprint density at radius 1 is 0.939 bits per heavy atom. The van der Waals surface area contributed by atoms with Crippen LogP contribution >= 0.6 is 0 Å². The first kappa shape index (κ1) is 20.8. The highest BCUT2D eigenvalue weighted by molar-refractivity contribution is 6.08. The molecule has 4 N–H and O–H groups in total. The number of nitrogens with zero attached hydrogens (tertiary/aromatic N) is 1. The summed E-state index contributed by atoms with van der Waals surface area (Å²) in [6.07, 6.45) is 1.71. The smallest absolute Gasteiger partial charge is 0.252 e. The molecule has 3 aromatic carbocycles. The molecule has 0 bridgehead atoms. The standard InChI is InChI=1S/C26H20F2N4O/c27-17-5-7-20-22(14-30-23(20)9-17)25-11-21(19-6-4-18(28)10-24(19)32-25)26(33)31-13-16-3-1-2-15(8-16)12-29/h1-11,14,30H,12-13,29H2,(H,31,33). The van der Waals surface area contributed by atoms with Crippen molar-refractivity contribution in [3.63, 3.8) is 0 Å². The van der Waals surface area contributed by atoms with E-state index < -0.39 is 5.82 Å². The van der Waals surface area contributed by atoms with E-state index in [0.29, 0.717) is 46.3 Å². The van der Waals surface area contributed by atoms with E-state index in [9.17, 15) is 13.6 Å². The van der Waals surface area contributed by atoms with Gasteiger partial charge in [0.1, 0.15) is 11.6 Å². The monoisotopic (exact) mass is 442 g/mol. The van der Waals surface area contributed by atoms with Crippen LogP contribution in [0.15, 0.2) is 72.9 Å². The Bertz CT molecular complexity index is 1510. The molecular formula is C26H20F2N4O. The highest BCUT2D eigenvalue weighted by atomic mass is 19.1. The minimum Gasteiger partial charge on any atom is -0.360 e. The molecule has 0 unspecified atom stereocenters. The fourth-order valence-corrected chi connectivity index (χ4v) is 3.98. The minimum atomic E-state index is -0.446. The number of carbonyl (C=O) groups excluding carboxylic acids is 1. The maximum atomic E-state index is 14.0. The molecule has 0 radical (unpaired) electrons. The van der Waals surface area contributed by atoms with Gasteiger partial charge in [-0.05, 0) is 47.5 Å². The summed E-state index contributed by atoms with van der Waals surface area (Å²) in [5.41, 5.74) is 10.1. The zero-order chi connectivity index (χ0) is 22.9. The van der Waals surface area contributed by atoms with Gasteiger partial charge in [0, 0.05) is 47.2 Å². The maximum absolute atomic E-state index is 14.0. The fraction of sp³-hybridized carbons (Fsp3) is 0.0769. The third kappa shape index (κ3) is 4.06. The molecule has 2 aromatic heterocycles. The van der Waals surface area contributed by atoms with Gasteiger partial charge in [0.05, 0.1) is 16.8 Å². The van der Waals surface area contributed by atoms with Gasteiger partial charge < -0.3 is 16.0 Å². The zero-order valence-corrected chi connectivity index (χ0v) is 17.5. The average Bonchev–Trinajstić information content (AvgIpc) is 3.24. The summed E-state index contributed by atoms with van der Waals surface area (Å²) in [5.74, 6) is -1.11. The molecule has 7 heteroatoms. The van der Waals surface area contributed by atoms with Crippen molar-refractivity contribution in [1.29, 1.82) is 0 Å². The van der Waals surface area contributed by atoms with Gasteiger partial charge in [0.15, 0.2) is 0 Å². The fourth-order valence-electron chi connectivity index (χ4n) is 3.98. The molecular weight excluding hydrogens is 422 g/mol. The van der Waals surface area contributed by atoms with Crippen LogP contribution in [0.25, 0.3) is 33.1 Å². The van der Waals surface area contributed by atoms with E-state index in [4.69, 9.17) is 5.73 Å². The molecule has 0 spiro atoms. The van der Waals surface area contributed by atoms with Crippen LogP contribution < -0.4 is 11.1 Å². The molecule has 5 rings (SSSR count). The summed E-state index contributed by atoms with van der Waals surface area (Å²) < 4.78 is 27.6. The molecule has 0 atom stereocenters. The van der Waals surface area contributed by atoms with Gasteiger partial charge >= 0.3 is 0 Å². The number of carbonyl (C=O) groups is 1. The number of hydrogen-bond donors (Lipinski definition) is 3. The van der Waals surface area contributed by atoms with E-state index in [1.165, 1.54) is 24.3 Å². The van der Waals surface area contributed by atoms with E-state index in [1.54, 1.807) is 24.4 Å².